The molecule has 5 aromatic rings. The lowest BCUT2D eigenvalue weighted by atomic mass is 9.73. The normalized spacial score (nSPS) is 17.1. The minimum absolute atomic E-state index is 0.0326. The molecule has 1 saturated carbocycles. The van der Waals surface area contributed by atoms with E-state index in [4.69, 9.17) is 17.2 Å². The average Bonchev–Trinajstić information content (AvgIpc) is 3.72. The van der Waals surface area contributed by atoms with Gasteiger partial charge in [0.2, 0.25) is 35.4 Å². The van der Waals surface area contributed by atoms with Crippen molar-refractivity contribution >= 4 is 52.3 Å². The van der Waals surface area contributed by atoms with Crippen molar-refractivity contribution in [2.45, 2.75) is 87.4 Å². The van der Waals surface area contributed by atoms with Gasteiger partial charge < -0.3 is 48.8 Å². The lowest BCUT2D eigenvalue weighted by Crippen LogP contribution is -2.64. The van der Waals surface area contributed by atoms with Gasteiger partial charge in [0, 0.05) is 36.5 Å². The number of hydrogen-bond donors (Lipinski definition) is 9. The van der Waals surface area contributed by atoms with E-state index in [0.29, 0.717) is 25.7 Å². The van der Waals surface area contributed by atoms with Gasteiger partial charge in [0.15, 0.2) is 5.96 Å². The number of benzene rings is 4. The predicted molar refractivity (Wildman–Crippen MR) is 249 cm³/mol. The zero-order valence-corrected chi connectivity index (χ0v) is 36.3. The number of guanidine groups is 1. The molecule has 0 aliphatic heterocycles. The molecule has 1 aromatic heterocycles. The van der Waals surface area contributed by atoms with Crippen molar-refractivity contribution in [3.8, 4) is 0 Å². The summed E-state index contributed by atoms with van der Waals surface area (Å²) >= 11 is 0. The summed E-state index contributed by atoms with van der Waals surface area (Å²) in [5, 5.41) is 15.1. The number of nitrogens with one attached hydrogen (secondary N) is 6. The lowest BCUT2D eigenvalue weighted by Gasteiger charge is -2.40. The number of fused-ring (bicyclic) bond motifs is 1. The minimum atomic E-state index is -1.34. The number of aromatic nitrogens is 1. The summed E-state index contributed by atoms with van der Waals surface area (Å²) in [6.07, 6.45) is 4.06. The Hall–Kier alpha value is -7.49. The highest BCUT2D eigenvalue weighted by Gasteiger charge is 2.45. The molecule has 6 amide bonds. The number of para-hydroxylation sites is 1. The van der Waals surface area contributed by atoms with Gasteiger partial charge in [-0.3, -0.25) is 33.8 Å². The van der Waals surface area contributed by atoms with Crippen molar-refractivity contribution in [2.75, 3.05) is 13.1 Å². The maximum absolute atomic E-state index is 14.8. The summed E-state index contributed by atoms with van der Waals surface area (Å²) in [5.41, 5.74) is 19.4. The van der Waals surface area contributed by atoms with Gasteiger partial charge in [0.05, 0.1) is 13.0 Å². The van der Waals surface area contributed by atoms with E-state index in [1.165, 1.54) is 0 Å². The Balaban J connectivity index is 1.26. The third-order valence-electron chi connectivity index (χ3n) is 11.8. The summed E-state index contributed by atoms with van der Waals surface area (Å²) in [4.78, 5) is 89.9. The van der Waals surface area contributed by atoms with Gasteiger partial charge in [-0.15, -0.1) is 0 Å². The summed E-state index contributed by atoms with van der Waals surface area (Å²) < 4.78 is 0. The van der Waals surface area contributed by atoms with Crippen LogP contribution in [0, 0.1) is 0 Å². The molecule has 0 radical (unpaired) electrons. The van der Waals surface area contributed by atoms with Crippen molar-refractivity contribution < 1.29 is 28.8 Å². The fraction of sp³-hybridized carbons (Fsp3) is 0.327. The van der Waals surface area contributed by atoms with Crippen LogP contribution in [-0.4, -0.2) is 83.1 Å². The standard InChI is InChI=1S/C49H58N10O6/c50-42(60)31-55-44(62)41(29-36-30-54-38-20-11-10-19-37(36)38)57-45(63)39(21-12-26-53-48(51)52)56-46(64)40(27-32-13-4-1-5-14-32)58-47(65)49(59-43(61)28-33-15-6-2-7-16-33)24-22-35(23-25-49)34-17-8-3-9-18-34/h1-11,13-20,30,35,39-41,54H,12,21-29,31H2,(H2,50,60)(H,55,62)(H,56,64)(H,57,63)(H,58,65)(H,59,61)(H4,51,52,53)/t35?,39-,40+,41-,49?/m0/s1. The van der Waals surface area contributed by atoms with Crippen molar-refractivity contribution in [1.82, 2.24) is 31.6 Å². The second kappa shape index (κ2) is 22.7. The van der Waals surface area contributed by atoms with E-state index in [9.17, 15) is 28.8 Å². The topological polar surface area (TPSA) is 269 Å². The van der Waals surface area contributed by atoms with E-state index in [1.54, 1.807) is 6.20 Å². The number of carbonyl (C=O) groups excluding carboxylic acids is 6. The van der Waals surface area contributed by atoms with Gasteiger partial charge in [-0.2, -0.15) is 0 Å². The van der Waals surface area contributed by atoms with Crippen LogP contribution >= 0.6 is 0 Å². The number of H-pyrrole nitrogens is 1. The molecule has 1 heterocycles. The maximum atomic E-state index is 14.8. The molecule has 6 rings (SSSR count). The van der Waals surface area contributed by atoms with Crippen LogP contribution in [0.5, 0.6) is 0 Å². The summed E-state index contributed by atoms with van der Waals surface area (Å²) in [5.74, 6) is -3.61. The van der Waals surface area contributed by atoms with E-state index in [0.717, 1.165) is 33.2 Å². The number of primary amides is 1. The van der Waals surface area contributed by atoms with Gasteiger partial charge in [-0.1, -0.05) is 109 Å². The SMILES string of the molecule is NC(=O)CNC(=O)[C@H](Cc1c[nH]c2ccccc12)NC(=O)[C@H](CCCN=C(N)N)NC(=O)[C@@H](Cc1ccccc1)NC(=O)C1(NC(=O)Cc2ccccc2)CCC(c2ccccc2)CC1. The lowest BCUT2D eigenvalue weighted by molar-refractivity contribution is -0.138. The molecule has 16 heteroatoms. The van der Waals surface area contributed by atoms with Gasteiger partial charge in [-0.25, -0.2) is 0 Å². The largest absolute Gasteiger partial charge is 0.370 e. The van der Waals surface area contributed by atoms with Crippen molar-refractivity contribution in [1.29, 1.82) is 0 Å². The van der Waals surface area contributed by atoms with E-state index in [-0.39, 0.29) is 56.4 Å². The number of aromatic amines is 1. The summed E-state index contributed by atoms with van der Waals surface area (Å²) in [7, 11) is 0. The van der Waals surface area contributed by atoms with Crippen LogP contribution in [0.15, 0.2) is 126 Å². The highest BCUT2D eigenvalue weighted by atomic mass is 16.2. The van der Waals surface area contributed by atoms with Gasteiger partial charge >= 0.3 is 0 Å². The van der Waals surface area contributed by atoms with Crippen LogP contribution in [0.4, 0.5) is 0 Å². The minimum Gasteiger partial charge on any atom is -0.370 e. The first-order valence-electron chi connectivity index (χ1n) is 21.9. The molecular formula is C49H58N10O6. The molecule has 340 valence electrons. The number of rotatable bonds is 21. The number of aliphatic imine (C=N–C) groups is 1. The zero-order valence-electron chi connectivity index (χ0n) is 36.3. The number of hydrogen-bond acceptors (Lipinski definition) is 7. The average molecular weight is 883 g/mol. The molecule has 0 bridgehead atoms. The molecular weight excluding hydrogens is 825 g/mol. The fourth-order valence-electron chi connectivity index (χ4n) is 8.37. The second-order valence-corrected chi connectivity index (χ2v) is 16.5. The zero-order chi connectivity index (χ0) is 46.2. The molecule has 1 fully saturated rings. The second-order valence-electron chi connectivity index (χ2n) is 16.5. The fourth-order valence-corrected chi connectivity index (χ4v) is 8.37. The number of amides is 6. The first-order valence-corrected chi connectivity index (χ1v) is 21.9. The van der Waals surface area contributed by atoms with Crippen LogP contribution in [-0.2, 0) is 48.0 Å². The maximum Gasteiger partial charge on any atom is 0.246 e. The Morgan fingerprint density at radius 3 is 1.92 bits per heavy atom. The predicted octanol–water partition coefficient (Wildman–Crippen LogP) is 2.52. The first-order chi connectivity index (χ1) is 31.4. The summed E-state index contributed by atoms with van der Waals surface area (Å²) in [6, 6.07) is 32.3. The first kappa shape index (κ1) is 47.0. The van der Waals surface area contributed by atoms with Crippen LogP contribution in [0.3, 0.4) is 0 Å². The quantitative estimate of drug-likeness (QED) is 0.0300. The molecule has 0 unspecified atom stereocenters. The number of carbonyl (C=O) groups is 6. The van der Waals surface area contributed by atoms with Crippen LogP contribution in [0.2, 0.25) is 0 Å². The number of nitrogens with two attached hydrogens (primary N) is 3. The Morgan fingerprint density at radius 2 is 1.26 bits per heavy atom. The third kappa shape index (κ3) is 13.5. The molecule has 1 aliphatic carbocycles. The van der Waals surface area contributed by atoms with Crippen LogP contribution in [0.25, 0.3) is 10.9 Å². The van der Waals surface area contributed by atoms with E-state index in [2.05, 4.69) is 48.7 Å². The smallest absolute Gasteiger partial charge is 0.246 e. The Labute approximate surface area is 378 Å². The molecule has 0 spiro atoms. The molecule has 1 aliphatic rings. The molecule has 12 N–H and O–H groups in total. The van der Waals surface area contributed by atoms with E-state index in [1.807, 2.05) is 103 Å². The van der Waals surface area contributed by atoms with Crippen molar-refractivity contribution in [2.24, 2.45) is 22.2 Å². The molecule has 16 nitrogen and oxygen atoms in total. The Kier molecular flexibility index (Phi) is 16.4. The highest BCUT2D eigenvalue weighted by Crippen LogP contribution is 2.38. The molecule has 3 atom stereocenters. The van der Waals surface area contributed by atoms with E-state index < -0.39 is 59.7 Å². The summed E-state index contributed by atoms with van der Waals surface area (Å²) in [6.45, 7) is -0.320. The van der Waals surface area contributed by atoms with Gasteiger partial charge in [-0.05, 0) is 72.8 Å². The van der Waals surface area contributed by atoms with Crippen LogP contribution in [0.1, 0.15) is 66.7 Å². The monoisotopic (exact) mass is 882 g/mol. The van der Waals surface area contributed by atoms with Crippen molar-refractivity contribution in [3.05, 3.63) is 144 Å². The van der Waals surface area contributed by atoms with Crippen molar-refractivity contribution in [3.63, 3.8) is 0 Å². The molecule has 65 heavy (non-hydrogen) atoms. The molecule has 4 aromatic carbocycles. The van der Waals surface area contributed by atoms with Gasteiger partial charge in [0.1, 0.15) is 23.7 Å². The molecule has 0 saturated heterocycles. The Bertz CT molecular complexity index is 2430. The Morgan fingerprint density at radius 1 is 0.677 bits per heavy atom. The number of nitrogens with zero attached hydrogens (tertiary/aromatic N) is 1. The van der Waals surface area contributed by atoms with Gasteiger partial charge in [0.25, 0.3) is 0 Å². The van der Waals surface area contributed by atoms with Crippen LogP contribution < -0.4 is 43.8 Å². The third-order valence-corrected chi connectivity index (χ3v) is 11.8. The highest BCUT2D eigenvalue weighted by molar-refractivity contribution is 5.98. The van der Waals surface area contributed by atoms with E-state index >= 15 is 0 Å².